The minimum Gasteiger partial charge on any atom is -0.386 e. The van der Waals surface area contributed by atoms with E-state index >= 15 is 0 Å². The Hall–Kier alpha value is -1.96. The maximum atomic E-state index is 11.9. The summed E-state index contributed by atoms with van der Waals surface area (Å²) in [5.41, 5.74) is 13.0. The summed E-state index contributed by atoms with van der Waals surface area (Å²) in [4.78, 5) is 28.1. The second-order valence-electron chi connectivity index (χ2n) is 6.42. The number of aromatic nitrogens is 3. The number of carbonyl (C=O) groups excluding carboxylic acids is 1. The summed E-state index contributed by atoms with van der Waals surface area (Å²) in [5.74, 6) is -0.734. The maximum Gasteiger partial charge on any atom is 0.299 e. The average molecular weight is 430 g/mol. The lowest BCUT2D eigenvalue weighted by atomic mass is 9.73. The molecule has 2 aromatic heterocycles. The van der Waals surface area contributed by atoms with E-state index in [2.05, 4.69) is 19.9 Å². The van der Waals surface area contributed by atoms with Crippen molar-refractivity contribution in [2.24, 2.45) is 16.6 Å². The molecule has 0 aromatic carbocycles. The first-order valence-electron chi connectivity index (χ1n) is 7.96. The van der Waals surface area contributed by atoms with Crippen molar-refractivity contribution in [1.82, 2.24) is 15.0 Å². The molecule has 0 aliphatic carbocycles. The van der Waals surface area contributed by atoms with Crippen molar-refractivity contribution in [2.75, 3.05) is 5.73 Å². The number of hydrogen-bond donors (Lipinski definition) is 2. The van der Waals surface area contributed by atoms with Gasteiger partial charge in [-0.05, 0) is 24.5 Å². The van der Waals surface area contributed by atoms with Crippen molar-refractivity contribution in [3.8, 4) is 11.3 Å². The molecule has 0 fully saturated rings. The summed E-state index contributed by atoms with van der Waals surface area (Å²) >= 11 is 16.8. The molecule has 1 atom stereocenters. The molecule has 0 bridgehead atoms. The summed E-state index contributed by atoms with van der Waals surface area (Å²) < 4.78 is -2.17. The molecule has 10 heteroatoms. The number of carbonyl (C=O) groups is 1. The van der Waals surface area contributed by atoms with Crippen LogP contribution >= 0.6 is 34.8 Å². The number of nitrogens with zero attached hydrogens (tertiary/aromatic N) is 4. The summed E-state index contributed by atoms with van der Waals surface area (Å²) in [6, 6.07) is 3.65. The van der Waals surface area contributed by atoms with Gasteiger partial charge < -0.3 is 11.5 Å². The molecule has 2 rings (SSSR count). The number of rotatable bonds is 4. The van der Waals surface area contributed by atoms with E-state index in [1.807, 2.05) is 26.8 Å². The molecule has 1 unspecified atom stereocenters. The molecule has 0 radical (unpaired) electrons. The highest BCUT2D eigenvalue weighted by molar-refractivity contribution is 6.76. The molecule has 2 heterocycles. The lowest BCUT2D eigenvalue weighted by molar-refractivity contribution is -0.117. The number of anilines is 1. The Kier molecular flexibility index (Phi) is 6.29. The molecule has 0 spiro atoms. The highest BCUT2D eigenvalue weighted by Crippen LogP contribution is 2.34. The molecule has 2 aromatic rings. The van der Waals surface area contributed by atoms with Gasteiger partial charge in [0.1, 0.15) is 5.84 Å². The topological polar surface area (TPSA) is 120 Å². The molecular formula is C17H19Cl3N6O. The molecule has 0 aliphatic rings. The van der Waals surface area contributed by atoms with E-state index in [4.69, 9.17) is 46.3 Å². The van der Waals surface area contributed by atoms with Crippen LogP contribution in [0.15, 0.2) is 35.7 Å². The van der Waals surface area contributed by atoms with Gasteiger partial charge in [-0.25, -0.2) is 9.97 Å². The van der Waals surface area contributed by atoms with Crippen LogP contribution in [0.5, 0.6) is 0 Å². The molecule has 0 saturated heterocycles. The summed E-state index contributed by atoms with van der Waals surface area (Å²) in [7, 11) is 0. The van der Waals surface area contributed by atoms with E-state index in [-0.39, 0.29) is 17.7 Å². The smallest absolute Gasteiger partial charge is 0.299 e. The molecule has 1 amide bonds. The van der Waals surface area contributed by atoms with Crippen LogP contribution < -0.4 is 11.5 Å². The van der Waals surface area contributed by atoms with E-state index in [1.165, 1.54) is 0 Å². The van der Waals surface area contributed by atoms with Gasteiger partial charge in [-0.1, -0.05) is 54.7 Å². The van der Waals surface area contributed by atoms with E-state index in [1.54, 1.807) is 24.7 Å². The van der Waals surface area contributed by atoms with Crippen molar-refractivity contribution in [3.05, 3.63) is 36.3 Å². The largest absolute Gasteiger partial charge is 0.386 e. The Morgan fingerprint density at radius 3 is 2.15 bits per heavy atom. The van der Waals surface area contributed by atoms with Crippen LogP contribution in [0, 0.1) is 5.92 Å². The Labute approximate surface area is 172 Å². The Morgan fingerprint density at radius 2 is 1.70 bits per heavy atom. The third-order valence-electron chi connectivity index (χ3n) is 4.48. The van der Waals surface area contributed by atoms with Gasteiger partial charge in [-0.3, -0.25) is 9.78 Å². The second-order valence-corrected chi connectivity index (χ2v) is 8.70. The predicted octanol–water partition coefficient (Wildman–Crippen LogP) is 3.29. The molecule has 0 aliphatic heterocycles. The Balaban J connectivity index is 2.42. The zero-order chi connectivity index (χ0) is 20.4. The number of hydrogen-bond acceptors (Lipinski definition) is 5. The van der Waals surface area contributed by atoms with Crippen LogP contribution in [-0.2, 0) is 10.2 Å². The summed E-state index contributed by atoms with van der Waals surface area (Å²) in [6.07, 6.45) is 4.83. The summed E-state index contributed by atoms with van der Waals surface area (Å²) in [6.45, 7) is 5.75. The number of amides is 1. The third-order valence-corrected chi connectivity index (χ3v) is 4.97. The minimum atomic E-state index is -2.17. The maximum absolute atomic E-state index is 11.9. The zero-order valence-electron chi connectivity index (χ0n) is 14.9. The molecule has 7 nitrogen and oxygen atoms in total. The van der Waals surface area contributed by atoms with E-state index in [9.17, 15) is 4.79 Å². The molecule has 27 heavy (non-hydrogen) atoms. The molecule has 0 saturated carbocycles. The van der Waals surface area contributed by atoms with Crippen LogP contribution in [0.3, 0.4) is 0 Å². The number of alkyl halides is 3. The molecule has 4 N–H and O–H groups in total. The van der Waals surface area contributed by atoms with Crippen molar-refractivity contribution in [2.45, 2.75) is 30.0 Å². The van der Waals surface area contributed by atoms with Gasteiger partial charge in [0.15, 0.2) is 0 Å². The number of nitrogen functional groups attached to an aromatic ring is 1. The fourth-order valence-electron chi connectivity index (χ4n) is 2.41. The fraction of sp³-hybridized carbons (Fsp3) is 0.353. The van der Waals surface area contributed by atoms with Crippen LogP contribution in [-0.4, -0.2) is 30.5 Å². The lowest BCUT2D eigenvalue weighted by Crippen LogP contribution is -2.44. The number of pyridine rings is 1. The third kappa shape index (κ3) is 4.66. The van der Waals surface area contributed by atoms with E-state index in [0.717, 1.165) is 11.1 Å². The van der Waals surface area contributed by atoms with E-state index < -0.39 is 15.1 Å². The van der Waals surface area contributed by atoms with Crippen molar-refractivity contribution >= 4 is 52.5 Å². The van der Waals surface area contributed by atoms with Crippen molar-refractivity contribution in [3.63, 3.8) is 0 Å². The fourth-order valence-corrected chi connectivity index (χ4v) is 2.53. The first kappa shape index (κ1) is 21.3. The number of amidine groups is 1. The SMILES string of the molecule is CC(C)C(C)(C(N)=NC(=O)C(Cl)(Cl)Cl)c1ccc(-c2cnc(N)nc2)nc1. The number of halogens is 3. The van der Waals surface area contributed by atoms with Gasteiger partial charge in [-0.2, -0.15) is 4.99 Å². The summed E-state index contributed by atoms with van der Waals surface area (Å²) in [5, 5.41) is 0. The number of nitrogens with two attached hydrogens (primary N) is 2. The first-order chi connectivity index (χ1) is 12.5. The Morgan fingerprint density at radius 1 is 1.11 bits per heavy atom. The van der Waals surface area contributed by atoms with Crippen LogP contribution in [0.2, 0.25) is 0 Å². The first-order valence-corrected chi connectivity index (χ1v) is 9.10. The molecular weight excluding hydrogens is 411 g/mol. The van der Waals surface area contributed by atoms with Crippen LogP contribution in [0.1, 0.15) is 26.3 Å². The average Bonchev–Trinajstić information content (AvgIpc) is 2.60. The second kappa shape index (κ2) is 7.96. The quantitative estimate of drug-likeness (QED) is 0.437. The van der Waals surface area contributed by atoms with Crippen molar-refractivity contribution in [1.29, 1.82) is 0 Å². The number of aliphatic imine (C=N–C) groups is 1. The minimum absolute atomic E-state index is 0.0167. The normalized spacial score (nSPS) is 14.9. The lowest BCUT2D eigenvalue weighted by Gasteiger charge is -2.33. The van der Waals surface area contributed by atoms with Gasteiger partial charge in [0.25, 0.3) is 9.70 Å². The highest BCUT2D eigenvalue weighted by atomic mass is 35.6. The standard InChI is InChI=1S/C17H19Cl3N6O/c1-9(2)16(3,13(21)26-14(27)17(18,19)20)11-4-5-12(23-8-11)10-6-24-15(22)25-7-10/h4-9H,1-3H3,(H2,21,26,27)(H2,22,24,25). The predicted molar refractivity (Wildman–Crippen MR) is 109 cm³/mol. The van der Waals surface area contributed by atoms with Crippen LogP contribution in [0.25, 0.3) is 11.3 Å². The van der Waals surface area contributed by atoms with E-state index in [0.29, 0.717) is 5.69 Å². The van der Waals surface area contributed by atoms with Gasteiger partial charge in [-0.15, -0.1) is 0 Å². The highest BCUT2D eigenvalue weighted by Gasteiger charge is 2.38. The van der Waals surface area contributed by atoms with Gasteiger partial charge in [0.2, 0.25) is 5.95 Å². The monoisotopic (exact) mass is 428 g/mol. The van der Waals surface area contributed by atoms with Crippen molar-refractivity contribution < 1.29 is 4.79 Å². The Bertz CT molecular complexity index is 846. The molecule has 144 valence electrons. The van der Waals surface area contributed by atoms with Gasteiger partial charge >= 0.3 is 0 Å². The van der Waals surface area contributed by atoms with Gasteiger partial charge in [0, 0.05) is 24.2 Å². The zero-order valence-corrected chi connectivity index (χ0v) is 17.2. The van der Waals surface area contributed by atoms with Gasteiger partial charge in [0.05, 0.1) is 11.1 Å². The van der Waals surface area contributed by atoms with Crippen LogP contribution in [0.4, 0.5) is 5.95 Å².